The molecule has 0 bridgehead atoms. The Kier molecular flexibility index (Phi) is 3.65. The van der Waals surface area contributed by atoms with Gasteiger partial charge in [-0.1, -0.05) is 19.9 Å². The van der Waals surface area contributed by atoms with Gasteiger partial charge in [0.25, 0.3) is 0 Å². The third-order valence-corrected chi connectivity index (χ3v) is 4.14. The van der Waals surface area contributed by atoms with E-state index in [0.717, 1.165) is 29.9 Å². The average Bonchev–Trinajstić information content (AvgIpc) is 3.16. The molecule has 0 amide bonds. The monoisotopic (exact) mass is 261 g/mol. The summed E-state index contributed by atoms with van der Waals surface area (Å²) < 4.78 is 11.3. The molecule has 2 aliphatic rings. The largest absolute Gasteiger partial charge is 0.486 e. The Morgan fingerprint density at radius 3 is 2.68 bits per heavy atom. The molecule has 1 aromatic rings. The lowest BCUT2D eigenvalue weighted by molar-refractivity contribution is 0.171. The lowest BCUT2D eigenvalue weighted by Gasteiger charge is -2.23. The quantitative estimate of drug-likeness (QED) is 0.883. The molecule has 3 unspecified atom stereocenters. The molecule has 1 aliphatic heterocycles. The highest BCUT2D eigenvalue weighted by atomic mass is 16.6. The Morgan fingerprint density at radius 1 is 1.26 bits per heavy atom. The normalized spacial score (nSPS) is 26.0. The number of hydrogen-bond donors (Lipinski definition) is 1. The van der Waals surface area contributed by atoms with Crippen LogP contribution in [0.3, 0.4) is 0 Å². The second-order valence-corrected chi connectivity index (χ2v) is 5.71. The predicted octanol–water partition coefficient (Wildman–Crippen LogP) is 3.15. The lowest BCUT2D eigenvalue weighted by Crippen LogP contribution is -2.25. The highest BCUT2D eigenvalue weighted by Crippen LogP contribution is 2.48. The van der Waals surface area contributed by atoms with Crippen LogP contribution >= 0.6 is 0 Å². The van der Waals surface area contributed by atoms with Crippen molar-refractivity contribution in [2.45, 2.75) is 32.7 Å². The van der Waals surface area contributed by atoms with E-state index < -0.39 is 0 Å². The van der Waals surface area contributed by atoms with Crippen LogP contribution in [0.5, 0.6) is 11.5 Å². The van der Waals surface area contributed by atoms with E-state index in [2.05, 4.69) is 37.4 Å². The summed E-state index contributed by atoms with van der Waals surface area (Å²) in [6, 6.07) is 6.86. The molecular formula is C16H23NO2. The van der Waals surface area contributed by atoms with Gasteiger partial charge >= 0.3 is 0 Å². The number of fused-ring (bicyclic) bond motifs is 1. The van der Waals surface area contributed by atoms with Crippen molar-refractivity contribution >= 4 is 0 Å². The molecule has 3 nitrogen and oxygen atoms in total. The van der Waals surface area contributed by atoms with Gasteiger partial charge in [0.15, 0.2) is 11.5 Å². The maximum absolute atomic E-state index is 5.69. The topological polar surface area (TPSA) is 30.5 Å². The Bertz CT molecular complexity index is 446. The summed E-state index contributed by atoms with van der Waals surface area (Å²) in [5.74, 6) is 3.39. The molecule has 1 aliphatic carbocycles. The van der Waals surface area contributed by atoms with E-state index in [9.17, 15) is 0 Å². The predicted molar refractivity (Wildman–Crippen MR) is 75.7 cm³/mol. The minimum absolute atomic E-state index is 0.464. The van der Waals surface area contributed by atoms with Gasteiger partial charge in [0.05, 0.1) is 0 Å². The van der Waals surface area contributed by atoms with E-state index in [0.29, 0.717) is 19.3 Å². The van der Waals surface area contributed by atoms with E-state index in [1.807, 2.05) is 0 Å². The van der Waals surface area contributed by atoms with Crippen LogP contribution in [0.25, 0.3) is 0 Å². The van der Waals surface area contributed by atoms with Crippen LogP contribution in [0.4, 0.5) is 0 Å². The van der Waals surface area contributed by atoms with Crippen LogP contribution in [0.1, 0.15) is 38.3 Å². The zero-order chi connectivity index (χ0) is 13.2. The van der Waals surface area contributed by atoms with Crippen molar-refractivity contribution in [3.63, 3.8) is 0 Å². The fourth-order valence-corrected chi connectivity index (χ4v) is 2.89. The van der Waals surface area contributed by atoms with Gasteiger partial charge in [-0.3, -0.25) is 0 Å². The summed E-state index contributed by atoms with van der Waals surface area (Å²) in [5.41, 5.74) is 1.34. The second-order valence-electron chi connectivity index (χ2n) is 5.71. The van der Waals surface area contributed by atoms with E-state index in [1.54, 1.807) is 0 Å². The fraction of sp³-hybridized carbons (Fsp3) is 0.625. The molecule has 3 rings (SSSR count). The minimum atomic E-state index is 0.464. The zero-order valence-corrected chi connectivity index (χ0v) is 11.8. The first kappa shape index (κ1) is 12.8. The molecule has 1 heterocycles. The van der Waals surface area contributed by atoms with Crippen LogP contribution in [0.15, 0.2) is 18.2 Å². The molecule has 0 saturated heterocycles. The van der Waals surface area contributed by atoms with Crippen molar-refractivity contribution in [3.05, 3.63) is 23.8 Å². The molecule has 0 spiro atoms. The third kappa shape index (κ3) is 2.71. The maximum atomic E-state index is 5.69. The Morgan fingerprint density at radius 2 is 2.00 bits per heavy atom. The first-order chi connectivity index (χ1) is 9.29. The summed E-state index contributed by atoms with van der Waals surface area (Å²) in [5, 5.41) is 3.69. The molecule has 1 aromatic carbocycles. The molecule has 3 atom stereocenters. The first-order valence-electron chi connectivity index (χ1n) is 7.42. The molecule has 0 aromatic heterocycles. The average molecular weight is 261 g/mol. The highest BCUT2D eigenvalue weighted by molar-refractivity contribution is 5.45. The van der Waals surface area contributed by atoms with Gasteiger partial charge in [-0.05, 0) is 48.9 Å². The zero-order valence-electron chi connectivity index (χ0n) is 11.8. The van der Waals surface area contributed by atoms with Crippen molar-refractivity contribution in [1.29, 1.82) is 0 Å². The number of ether oxygens (including phenoxy) is 2. The number of nitrogens with one attached hydrogen (secondary N) is 1. The van der Waals surface area contributed by atoms with Crippen LogP contribution in [0, 0.1) is 11.8 Å². The van der Waals surface area contributed by atoms with E-state index in [1.165, 1.54) is 18.4 Å². The van der Waals surface area contributed by atoms with Crippen molar-refractivity contribution in [1.82, 2.24) is 5.32 Å². The van der Waals surface area contributed by atoms with Gasteiger partial charge in [0.1, 0.15) is 13.2 Å². The standard InChI is InChI=1S/C16H23NO2/c1-3-6-17-16(13-9-11(13)2)12-4-5-14-15(10-12)19-8-7-18-14/h4-5,10-11,13,16-17H,3,6-9H2,1-2H3. The Labute approximate surface area is 115 Å². The summed E-state index contributed by atoms with van der Waals surface area (Å²) >= 11 is 0. The minimum Gasteiger partial charge on any atom is -0.486 e. The fourth-order valence-electron chi connectivity index (χ4n) is 2.89. The molecular weight excluding hydrogens is 238 g/mol. The summed E-state index contributed by atoms with van der Waals surface area (Å²) in [4.78, 5) is 0. The van der Waals surface area contributed by atoms with Gasteiger partial charge in [-0.25, -0.2) is 0 Å². The first-order valence-corrected chi connectivity index (χ1v) is 7.42. The molecule has 104 valence electrons. The van der Waals surface area contributed by atoms with Crippen molar-refractivity contribution in [3.8, 4) is 11.5 Å². The number of hydrogen-bond acceptors (Lipinski definition) is 3. The molecule has 0 radical (unpaired) electrons. The Balaban J connectivity index is 1.81. The molecule has 1 fully saturated rings. The molecule has 3 heteroatoms. The maximum Gasteiger partial charge on any atom is 0.161 e. The summed E-state index contributed by atoms with van der Waals surface area (Å²) in [7, 11) is 0. The van der Waals surface area contributed by atoms with Gasteiger partial charge in [0, 0.05) is 6.04 Å². The van der Waals surface area contributed by atoms with Gasteiger partial charge in [-0.15, -0.1) is 0 Å². The van der Waals surface area contributed by atoms with Crippen molar-refractivity contribution in [2.24, 2.45) is 11.8 Å². The summed E-state index contributed by atoms with van der Waals surface area (Å²) in [6.45, 7) is 6.93. The highest BCUT2D eigenvalue weighted by Gasteiger charge is 2.40. The van der Waals surface area contributed by atoms with Gasteiger partial charge in [-0.2, -0.15) is 0 Å². The SMILES string of the molecule is CCCNC(c1ccc2c(c1)OCCO2)C1CC1C. The van der Waals surface area contributed by atoms with E-state index in [-0.39, 0.29) is 0 Å². The lowest BCUT2D eigenvalue weighted by atomic mass is 10.00. The van der Waals surface area contributed by atoms with Gasteiger partial charge < -0.3 is 14.8 Å². The third-order valence-electron chi connectivity index (χ3n) is 4.14. The number of rotatable bonds is 5. The van der Waals surface area contributed by atoms with Crippen LogP contribution in [-0.4, -0.2) is 19.8 Å². The Hall–Kier alpha value is -1.22. The smallest absolute Gasteiger partial charge is 0.161 e. The number of benzene rings is 1. The second kappa shape index (κ2) is 5.41. The van der Waals surface area contributed by atoms with Crippen LogP contribution < -0.4 is 14.8 Å². The van der Waals surface area contributed by atoms with Crippen LogP contribution in [-0.2, 0) is 0 Å². The molecule has 1 N–H and O–H groups in total. The van der Waals surface area contributed by atoms with Crippen molar-refractivity contribution in [2.75, 3.05) is 19.8 Å². The van der Waals surface area contributed by atoms with Crippen LogP contribution in [0.2, 0.25) is 0 Å². The summed E-state index contributed by atoms with van der Waals surface area (Å²) in [6.07, 6.45) is 2.50. The van der Waals surface area contributed by atoms with Gasteiger partial charge in [0.2, 0.25) is 0 Å². The molecule has 1 saturated carbocycles. The van der Waals surface area contributed by atoms with Crippen molar-refractivity contribution < 1.29 is 9.47 Å². The van der Waals surface area contributed by atoms with E-state index in [4.69, 9.17) is 9.47 Å². The van der Waals surface area contributed by atoms with E-state index >= 15 is 0 Å². The molecule has 19 heavy (non-hydrogen) atoms.